The van der Waals surface area contributed by atoms with Crippen molar-refractivity contribution in [3.8, 4) is 0 Å². The number of nitrogens with zero attached hydrogens (tertiary/aromatic N) is 5. The molecule has 0 unspecified atom stereocenters. The molecule has 1 aliphatic rings. The molecule has 1 aliphatic heterocycles. The lowest BCUT2D eigenvalue weighted by atomic mass is 9.95. The minimum Gasteiger partial charge on any atom is -0.360 e. The summed E-state index contributed by atoms with van der Waals surface area (Å²) >= 11 is 0. The molecule has 0 amide bonds. The molecule has 0 aliphatic carbocycles. The molecule has 4 rings (SSSR count). The molecule has 0 aromatic carbocycles. The number of anilines is 2. The van der Waals surface area contributed by atoms with Gasteiger partial charge in [0.1, 0.15) is 16.4 Å². The Hall–Kier alpha value is -2.85. The second kappa shape index (κ2) is 8.11. The Labute approximate surface area is 175 Å². The fourth-order valence-electron chi connectivity index (χ4n) is 3.86. The normalized spacial score (nSPS) is 17.8. The van der Waals surface area contributed by atoms with Crippen LogP contribution in [-0.2, 0) is 10.0 Å². The van der Waals surface area contributed by atoms with Gasteiger partial charge in [-0.15, -0.1) is 0 Å². The van der Waals surface area contributed by atoms with Gasteiger partial charge in [-0.1, -0.05) is 5.16 Å². The van der Waals surface area contributed by atoms with E-state index >= 15 is 0 Å². The van der Waals surface area contributed by atoms with Gasteiger partial charge < -0.3 is 9.84 Å². The summed E-state index contributed by atoms with van der Waals surface area (Å²) in [7, 11) is -3.67. The minimum absolute atomic E-state index is 0.00342. The Morgan fingerprint density at radius 3 is 2.73 bits per heavy atom. The van der Waals surface area contributed by atoms with Crippen LogP contribution in [0.4, 0.5) is 11.5 Å². The second-order valence-corrected chi connectivity index (χ2v) is 9.37. The van der Waals surface area contributed by atoms with Crippen LogP contribution in [0.1, 0.15) is 41.6 Å². The maximum Gasteiger partial charge on any atom is 0.248 e. The van der Waals surface area contributed by atoms with E-state index in [9.17, 15) is 8.42 Å². The molecule has 0 radical (unpaired) electrons. The molecule has 9 nitrogen and oxygen atoms in total. The molecule has 1 fully saturated rings. The van der Waals surface area contributed by atoms with Gasteiger partial charge in [-0.05, 0) is 45.7 Å². The number of hydrogen-bond acceptors (Lipinski definition) is 8. The van der Waals surface area contributed by atoms with E-state index in [0.717, 1.165) is 29.9 Å². The standard InChI is InChI=1S/C20H24N6O3S/c1-13-9-17(24-19-11-21-6-7-22-19)10-18(23-13)16-5-4-8-26(12-16)30(27,28)20-14(2)25-29-15(20)3/h6-7,9-11,16H,4-5,8,12H2,1-3H3,(H,22,23,24)/t16-/m1/s1. The Kier molecular flexibility index (Phi) is 5.52. The predicted octanol–water partition coefficient (Wildman–Crippen LogP) is 3.10. The summed E-state index contributed by atoms with van der Waals surface area (Å²) < 4.78 is 33.0. The van der Waals surface area contributed by atoms with Gasteiger partial charge in [0.2, 0.25) is 10.0 Å². The van der Waals surface area contributed by atoms with E-state index in [1.807, 2.05) is 19.1 Å². The van der Waals surface area contributed by atoms with E-state index in [1.54, 1.807) is 32.4 Å². The van der Waals surface area contributed by atoms with Crippen molar-refractivity contribution < 1.29 is 12.9 Å². The molecule has 1 atom stereocenters. The van der Waals surface area contributed by atoms with Gasteiger partial charge in [0, 0.05) is 48.5 Å². The summed E-state index contributed by atoms with van der Waals surface area (Å²) in [6, 6.07) is 3.89. The fraction of sp³-hybridized carbons (Fsp3) is 0.400. The van der Waals surface area contributed by atoms with Crippen LogP contribution in [0.5, 0.6) is 0 Å². The minimum atomic E-state index is -3.67. The van der Waals surface area contributed by atoms with Gasteiger partial charge >= 0.3 is 0 Å². The Morgan fingerprint density at radius 2 is 2.03 bits per heavy atom. The Bertz CT molecular complexity index is 1130. The topological polar surface area (TPSA) is 114 Å². The molecular formula is C20H24N6O3S. The second-order valence-electron chi connectivity index (χ2n) is 7.49. The molecule has 1 saturated heterocycles. The maximum absolute atomic E-state index is 13.2. The quantitative estimate of drug-likeness (QED) is 0.659. The highest BCUT2D eigenvalue weighted by molar-refractivity contribution is 7.89. The molecule has 1 N–H and O–H groups in total. The van der Waals surface area contributed by atoms with Gasteiger partial charge in [0.15, 0.2) is 5.76 Å². The lowest BCUT2D eigenvalue weighted by molar-refractivity contribution is 0.312. The fourth-order valence-corrected chi connectivity index (χ4v) is 5.68. The number of rotatable bonds is 5. The van der Waals surface area contributed by atoms with Crippen molar-refractivity contribution in [1.82, 2.24) is 24.4 Å². The lowest BCUT2D eigenvalue weighted by Crippen LogP contribution is -2.39. The first kappa shape index (κ1) is 20.4. The summed E-state index contributed by atoms with van der Waals surface area (Å²) in [6.07, 6.45) is 6.51. The number of pyridine rings is 1. The maximum atomic E-state index is 13.2. The van der Waals surface area contributed by atoms with E-state index in [4.69, 9.17) is 4.52 Å². The van der Waals surface area contributed by atoms with Crippen molar-refractivity contribution in [2.45, 2.75) is 44.4 Å². The van der Waals surface area contributed by atoms with Crippen LogP contribution in [0.25, 0.3) is 0 Å². The Balaban J connectivity index is 1.59. The molecule has 158 valence electrons. The molecule has 3 aromatic rings. The highest BCUT2D eigenvalue weighted by Crippen LogP contribution is 2.32. The van der Waals surface area contributed by atoms with Crippen LogP contribution >= 0.6 is 0 Å². The number of nitrogens with one attached hydrogen (secondary N) is 1. The summed E-state index contributed by atoms with van der Waals surface area (Å²) in [5.74, 6) is 0.954. The van der Waals surface area contributed by atoms with Crippen LogP contribution in [0, 0.1) is 20.8 Å². The SMILES string of the molecule is Cc1cc(Nc2cnccn2)cc([C@@H]2CCCN(S(=O)(=O)c3c(C)noc3C)C2)n1. The van der Waals surface area contributed by atoms with Crippen molar-refractivity contribution >= 4 is 21.5 Å². The van der Waals surface area contributed by atoms with E-state index in [0.29, 0.717) is 30.4 Å². The van der Waals surface area contributed by atoms with Gasteiger partial charge in [-0.3, -0.25) is 9.97 Å². The Morgan fingerprint density at radius 1 is 1.20 bits per heavy atom. The van der Waals surface area contributed by atoms with Crippen LogP contribution in [-0.4, -0.2) is 45.9 Å². The molecule has 0 spiro atoms. The van der Waals surface area contributed by atoms with Crippen molar-refractivity contribution in [2.24, 2.45) is 0 Å². The molecule has 0 saturated carbocycles. The highest BCUT2D eigenvalue weighted by Gasteiger charge is 2.35. The summed E-state index contributed by atoms with van der Waals surface area (Å²) in [5, 5.41) is 7.04. The summed E-state index contributed by atoms with van der Waals surface area (Å²) in [6.45, 7) is 6.04. The molecule has 3 aromatic heterocycles. The number of aromatic nitrogens is 4. The van der Waals surface area contributed by atoms with E-state index in [-0.39, 0.29) is 10.8 Å². The highest BCUT2D eigenvalue weighted by atomic mass is 32.2. The average molecular weight is 429 g/mol. The number of aryl methyl sites for hydroxylation is 3. The van der Waals surface area contributed by atoms with Crippen LogP contribution in [0.3, 0.4) is 0 Å². The van der Waals surface area contributed by atoms with Crippen molar-refractivity contribution in [3.63, 3.8) is 0 Å². The molecular weight excluding hydrogens is 404 g/mol. The zero-order valence-corrected chi connectivity index (χ0v) is 18.0. The van der Waals surface area contributed by atoms with Gasteiger partial charge in [-0.25, -0.2) is 13.4 Å². The van der Waals surface area contributed by atoms with Crippen LogP contribution in [0.2, 0.25) is 0 Å². The van der Waals surface area contributed by atoms with E-state index in [2.05, 4.69) is 25.4 Å². The monoisotopic (exact) mass is 428 g/mol. The predicted molar refractivity (Wildman–Crippen MR) is 111 cm³/mol. The third-order valence-corrected chi connectivity index (χ3v) is 7.29. The van der Waals surface area contributed by atoms with Crippen molar-refractivity contribution in [3.05, 3.63) is 53.6 Å². The third kappa shape index (κ3) is 4.05. The molecule has 30 heavy (non-hydrogen) atoms. The molecule has 10 heteroatoms. The van der Waals surface area contributed by atoms with Crippen molar-refractivity contribution in [2.75, 3.05) is 18.4 Å². The average Bonchev–Trinajstić information content (AvgIpc) is 3.07. The number of hydrogen-bond donors (Lipinski definition) is 1. The summed E-state index contributed by atoms with van der Waals surface area (Å²) in [4.78, 5) is 13.2. The van der Waals surface area contributed by atoms with E-state index in [1.165, 1.54) is 4.31 Å². The largest absolute Gasteiger partial charge is 0.360 e. The first-order chi connectivity index (χ1) is 14.3. The van der Waals surface area contributed by atoms with Gasteiger partial charge in [0.25, 0.3) is 0 Å². The van der Waals surface area contributed by atoms with Crippen LogP contribution < -0.4 is 5.32 Å². The number of piperidine rings is 1. The van der Waals surface area contributed by atoms with E-state index < -0.39 is 10.0 Å². The molecule has 4 heterocycles. The first-order valence-electron chi connectivity index (χ1n) is 9.79. The zero-order chi connectivity index (χ0) is 21.3. The smallest absolute Gasteiger partial charge is 0.248 e. The number of sulfonamides is 1. The third-order valence-electron chi connectivity index (χ3n) is 5.18. The van der Waals surface area contributed by atoms with Crippen LogP contribution in [0.15, 0.2) is 40.1 Å². The van der Waals surface area contributed by atoms with Gasteiger partial charge in [0.05, 0.1) is 6.20 Å². The van der Waals surface area contributed by atoms with Gasteiger partial charge in [-0.2, -0.15) is 4.31 Å². The lowest BCUT2D eigenvalue weighted by Gasteiger charge is -2.31. The summed E-state index contributed by atoms with van der Waals surface area (Å²) in [5.41, 5.74) is 2.95. The first-order valence-corrected chi connectivity index (χ1v) is 11.2. The molecule has 0 bridgehead atoms. The zero-order valence-electron chi connectivity index (χ0n) is 17.2. The van der Waals surface area contributed by atoms with Crippen molar-refractivity contribution in [1.29, 1.82) is 0 Å².